The number of phenols is 1. The van der Waals surface area contributed by atoms with E-state index in [1.807, 2.05) is 12.1 Å². The van der Waals surface area contributed by atoms with Crippen molar-refractivity contribution in [2.45, 2.75) is 5.60 Å². The highest BCUT2D eigenvalue weighted by atomic mass is 32.1. The van der Waals surface area contributed by atoms with Gasteiger partial charge in [-0.3, -0.25) is 4.79 Å². The standard InChI is InChI=1S/C21H13NO5S/c23-12-2-5-16-18(8-12)26-19-9-13(24)3-6-17(19)21(16)15-4-1-11(22-10-28)7-14(15)20(25)27-21/h1-10,16,24H,(H,22,28). The summed E-state index contributed by atoms with van der Waals surface area (Å²) in [6.07, 6.45) is 4.52. The molecule has 28 heavy (non-hydrogen) atoms. The highest BCUT2D eigenvalue weighted by Crippen LogP contribution is 2.56. The number of nitrogens with one attached hydrogen (secondary N) is 1. The van der Waals surface area contributed by atoms with Crippen LogP contribution in [0.15, 0.2) is 60.4 Å². The predicted molar refractivity (Wildman–Crippen MR) is 104 cm³/mol. The SMILES string of the molecule is O=C1C=CC2C(=C1)Oc1cc(O)ccc1C21OC(=O)c2cc(NC=S)ccc21. The number of fused-ring (bicyclic) bond motifs is 6. The second-order valence-electron chi connectivity index (χ2n) is 6.72. The number of rotatable bonds is 2. The Morgan fingerprint density at radius 1 is 1.14 bits per heavy atom. The van der Waals surface area contributed by atoms with Gasteiger partial charge in [-0.25, -0.2) is 4.79 Å². The lowest BCUT2D eigenvalue weighted by Gasteiger charge is -2.42. The van der Waals surface area contributed by atoms with Gasteiger partial charge in [0, 0.05) is 29.0 Å². The summed E-state index contributed by atoms with van der Waals surface area (Å²) in [5.74, 6) is -0.476. The molecular formula is C21H13NO5S. The fraction of sp³-hybridized carbons (Fsp3) is 0.0952. The molecule has 2 unspecified atom stereocenters. The van der Waals surface area contributed by atoms with E-state index in [1.54, 1.807) is 18.2 Å². The molecule has 2 atom stereocenters. The molecule has 0 fully saturated rings. The van der Waals surface area contributed by atoms with Gasteiger partial charge in [-0.15, -0.1) is 0 Å². The summed E-state index contributed by atoms with van der Waals surface area (Å²) in [5.41, 5.74) is 2.53. The third kappa shape index (κ3) is 2.16. The van der Waals surface area contributed by atoms with Gasteiger partial charge in [-0.2, -0.15) is 0 Å². The molecule has 1 spiro atoms. The predicted octanol–water partition coefficient (Wildman–Crippen LogP) is 3.21. The number of aromatic hydroxyl groups is 1. The van der Waals surface area contributed by atoms with Gasteiger partial charge in [0.2, 0.25) is 0 Å². The van der Waals surface area contributed by atoms with Crippen LogP contribution in [0.5, 0.6) is 11.5 Å². The quantitative estimate of drug-likeness (QED) is 0.601. The minimum absolute atomic E-state index is 0.00991. The van der Waals surface area contributed by atoms with Crippen molar-refractivity contribution in [2.75, 3.05) is 5.32 Å². The molecule has 0 saturated carbocycles. The lowest BCUT2D eigenvalue weighted by atomic mass is 9.71. The highest BCUT2D eigenvalue weighted by Gasteiger charge is 2.57. The number of carbonyl (C=O) groups is 2. The molecular weight excluding hydrogens is 378 g/mol. The molecule has 2 aliphatic heterocycles. The minimum Gasteiger partial charge on any atom is -0.508 e. The number of phenolic OH excluding ortho intramolecular Hbond substituents is 1. The van der Waals surface area contributed by atoms with Gasteiger partial charge in [-0.1, -0.05) is 24.4 Å². The van der Waals surface area contributed by atoms with Crippen LogP contribution in [-0.4, -0.2) is 22.4 Å². The molecule has 138 valence electrons. The molecule has 1 aliphatic carbocycles. The average Bonchev–Trinajstić information content (AvgIpc) is 2.94. The summed E-state index contributed by atoms with van der Waals surface area (Å²) in [7, 11) is 0. The number of esters is 1. The zero-order valence-corrected chi connectivity index (χ0v) is 15.2. The summed E-state index contributed by atoms with van der Waals surface area (Å²) < 4.78 is 11.9. The number of hydrogen-bond acceptors (Lipinski definition) is 6. The lowest BCUT2D eigenvalue weighted by Crippen LogP contribution is -2.42. The minimum atomic E-state index is -1.19. The second-order valence-corrected chi connectivity index (χ2v) is 6.95. The summed E-state index contributed by atoms with van der Waals surface area (Å²) >= 11 is 4.82. The van der Waals surface area contributed by atoms with Crippen LogP contribution in [0.4, 0.5) is 5.69 Å². The Hall–Kier alpha value is -3.45. The maximum atomic E-state index is 12.8. The monoisotopic (exact) mass is 391 g/mol. The number of ketones is 1. The second kappa shape index (κ2) is 5.77. The molecule has 3 aliphatic rings. The zero-order chi connectivity index (χ0) is 19.5. The first-order valence-corrected chi connectivity index (χ1v) is 9.03. The largest absolute Gasteiger partial charge is 0.508 e. The van der Waals surface area contributed by atoms with Crippen molar-refractivity contribution >= 4 is 35.1 Å². The van der Waals surface area contributed by atoms with E-state index in [1.165, 1.54) is 29.8 Å². The van der Waals surface area contributed by atoms with Crippen LogP contribution in [0.1, 0.15) is 21.5 Å². The molecule has 0 bridgehead atoms. The molecule has 5 rings (SSSR count). The molecule has 2 N–H and O–H groups in total. The van der Waals surface area contributed by atoms with E-state index in [2.05, 4.69) is 5.32 Å². The maximum Gasteiger partial charge on any atom is 0.339 e. The molecule has 7 heteroatoms. The van der Waals surface area contributed by atoms with E-state index < -0.39 is 17.5 Å². The van der Waals surface area contributed by atoms with E-state index in [-0.39, 0.29) is 11.5 Å². The molecule has 2 heterocycles. The first-order valence-electron chi connectivity index (χ1n) is 8.56. The van der Waals surface area contributed by atoms with Crippen LogP contribution < -0.4 is 10.1 Å². The van der Waals surface area contributed by atoms with E-state index in [0.717, 1.165) is 0 Å². The summed E-state index contributed by atoms with van der Waals surface area (Å²) in [6.45, 7) is 0. The van der Waals surface area contributed by atoms with Gasteiger partial charge < -0.3 is 19.9 Å². The van der Waals surface area contributed by atoms with Crippen molar-refractivity contribution in [2.24, 2.45) is 5.92 Å². The van der Waals surface area contributed by atoms with Gasteiger partial charge in [0.05, 0.1) is 17.0 Å². The Morgan fingerprint density at radius 3 is 2.79 bits per heavy atom. The normalized spacial score (nSPS) is 23.9. The maximum absolute atomic E-state index is 12.8. The summed E-state index contributed by atoms with van der Waals surface area (Å²) in [5, 5.41) is 12.8. The average molecular weight is 391 g/mol. The molecule has 6 nitrogen and oxygen atoms in total. The van der Waals surface area contributed by atoms with Crippen molar-refractivity contribution in [3.05, 3.63) is 77.1 Å². The zero-order valence-electron chi connectivity index (χ0n) is 14.3. The van der Waals surface area contributed by atoms with Gasteiger partial charge in [0.15, 0.2) is 11.4 Å². The molecule has 0 aromatic heterocycles. The number of carbonyl (C=O) groups excluding carboxylic acids is 2. The Bertz CT molecular complexity index is 1140. The molecule has 0 saturated heterocycles. The van der Waals surface area contributed by atoms with Gasteiger partial charge in [0.25, 0.3) is 0 Å². The summed E-state index contributed by atoms with van der Waals surface area (Å²) in [6, 6.07) is 9.95. The first-order chi connectivity index (χ1) is 13.5. The van der Waals surface area contributed by atoms with Gasteiger partial charge in [0.1, 0.15) is 17.3 Å². The van der Waals surface area contributed by atoms with Crippen molar-refractivity contribution in [3.8, 4) is 11.5 Å². The Labute approximate surface area is 165 Å². The number of hydrogen-bond donors (Lipinski definition) is 2. The molecule has 2 aromatic rings. The highest BCUT2D eigenvalue weighted by molar-refractivity contribution is 7.79. The van der Waals surface area contributed by atoms with Crippen molar-refractivity contribution in [3.63, 3.8) is 0 Å². The number of allylic oxidation sites excluding steroid dienone is 2. The van der Waals surface area contributed by atoms with Crippen LogP contribution in [-0.2, 0) is 15.1 Å². The van der Waals surface area contributed by atoms with E-state index in [4.69, 9.17) is 21.7 Å². The fourth-order valence-electron chi connectivity index (χ4n) is 4.07. The molecule has 0 amide bonds. The van der Waals surface area contributed by atoms with Crippen molar-refractivity contribution in [1.29, 1.82) is 0 Å². The third-order valence-corrected chi connectivity index (χ3v) is 5.31. The van der Waals surface area contributed by atoms with Gasteiger partial charge >= 0.3 is 5.97 Å². The topological polar surface area (TPSA) is 84.9 Å². The lowest BCUT2D eigenvalue weighted by molar-refractivity contribution is -0.110. The number of benzene rings is 2. The van der Waals surface area contributed by atoms with Gasteiger partial charge in [-0.05, 0) is 30.3 Å². The van der Waals surface area contributed by atoms with Crippen molar-refractivity contribution in [1.82, 2.24) is 0 Å². The molecule has 0 radical (unpaired) electrons. The Kier molecular flexibility index (Phi) is 3.44. The number of anilines is 1. The third-order valence-electron chi connectivity index (χ3n) is 5.19. The van der Waals surface area contributed by atoms with Crippen LogP contribution in [0.2, 0.25) is 0 Å². The summed E-state index contributed by atoms with van der Waals surface area (Å²) in [4.78, 5) is 24.7. The number of thiocarbonyl (C=S) groups is 1. The van der Waals surface area contributed by atoms with Crippen LogP contribution >= 0.6 is 12.2 Å². The van der Waals surface area contributed by atoms with Crippen LogP contribution in [0.3, 0.4) is 0 Å². The van der Waals surface area contributed by atoms with Crippen molar-refractivity contribution < 1.29 is 24.2 Å². The van der Waals surface area contributed by atoms with E-state index in [0.29, 0.717) is 33.9 Å². The van der Waals surface area contributed by atoms with E-state index >= 15 is 0 Å². The fourth-order valence-corrected chi connectivity index (χ4v) is 4.21. The smallest absolute Gasteiger partial charge is 0.339 e. The Balaban J connectivity index is 1.80. The number of ether oxygens (including phenoxy) is 2. The van der Waals surface area contributed by atoms with E-state index in [9.17, 15) is 14.7 Å². The first kappa shape index (κ1) is 16.7. The Morgan fingerprint density at radius 2 is 1.96 bits per heavy atom. The molecule has 2 aromatic carbocycles. The van der Waals surface area contributed by atoms with Crippen LogP contribution in [0.25, 0.3) is 0 Å². The van der Waals surface area contributed by atoms with Crippen LogP contribution in [0, 0.1) is 5.92 Å².